The van der Waals surface area contributed by atoms with Crippen molar-refractivity contribution >= 4 is 46.8 Å². The average molecular weight is 500 g/mol. The van der Waals surface area contributed by atoms with E-state index in [9.17, 15) is 4.79 Å². The summed E-state index contributed by atoms with van der Waals surface area (Å²) in [6.07, 6.45) is 1.04. The molecule has 1 aromatic heterocycles. The Morgan fingerprint density at radius 3 is 2.75 bits per heavy atom. The summed E-state index contributed by atoms with van der Waals surface area (Å²) in [6, 6.07) is 8.00. The van der Waals surface area contributed by atoms with Gasteiger partial charge in [-0.1, -0.05) is 18.2 Å². The summed E-state index contributed by atoms with van der Waals surface area (Å²) in [5.41, 5.74) is 2.00. The number of rotatable bonds is 6. The molecule has 0 spiro atoms. The SMILES string of the molecule is Cc1c(CNC(=NCC(=O)N(C)C)NCC2CCOC2)oc2ccccc12.I. The largest absolute Gasteiger partial charge is 0.459 e. The summed E-state index contributed by atoms with van der Waals surface area (Å²) in [7, 11) is 3.46. The Labute approximate surface area is 182 Å². The molecule has 1 aromatic carbocycles. The van der Waals surface area contributed by atoms with Gasteiger partial charge in [0.25, 0.3) is 0 Å². The van der Waals surface area contributed by atoms with Gasteiger partial charge in [0.05, 0.1) is 13.2 Å². The molecule has 28 heavy (non-hydrogen) atoms. The first-order chi connectivity index (χ1) is 13.0. The van der Waals surface area contributed by atoms with Gasteiger partial charge in [0, 0.05) is 44.1 Å². The number of likely N-dealkylation sites (N-methyl/N-ethyl adjacent to an activating group) is 1. The van der Waals surface area contributed by atoms with Crippen LogP contribution in [-0.4, -0.2) is 57.2 Å². The van der Waals surface area contributed by atoms with Crippen LogP contribution >= 0.6 is 24.0 Å². The molecule has 1 fully saturated rings. The predicted octanol–water partition coefficient (Wildman–Crippen LogP) is 2.52. The molecule has 3 rings (SSSR count). The van der Waals surface area contributed by atoms with E-state index in [1.165, 1.54) is 4.90 Å². The van der Waals surface area contributed by atoms with Crippen molar-refractivity contribution in [3.63, 3.8) is 0 Å². The maximum absolute atomic E-state index is 11.9. The van der Waals surface area contributed by atoms with Crippen LogP contribution in [0.2, 0.25) is 0 Å². The van der Waals surface area contributed by atoms with Crippen LogP contribution in [0.15, 0.2) is 33.7 Å². The van der Waals surface area contributed by atoms with Gasteiger partial charge in [0.2, 0.25) is 5.91 Å². The van der Waals surface area contributed by atoms with Crippen LogP contribution < -0.4 is 10.6 Å². The Hall–Kier alpha value is -1.81. The fraction of sp³-hybridized carbons (Fsp3) is 0.500. The van der Waals surface area contributed by atoms with Crippen molar-refractivity contribution in [1.82, 2.24) is 15.5 Å². The number of hydrogen-bond acceptors (Lipinski definition) is 4. The van der Waals surface area contributed by atoms with Gasteiger partial charge in [0.1, 0.15) is 17.9 Å². The highest BCUT2D eigenvalue weighted by Crippen LogP contribution is 2.24. The third-order valence-electron chi connectivity index (χ3n) is 4.81. The summed E-state index contributed by atoms with van der Waals surface area (Å²) in [5, 5.41) is 7.73. The fourth-order valence-electron chi connectivity index (χ4n) is 3.01. The normalized spacial score (nSPS) is 16.7. The molecule has 2 N–H and O–H groups in total. The molecule has 2 aromatic rings. The van der Waals surface area contributed by atoms with Gasteiger partial charge in [-0.15, -0.1) is 24.0 Å². The highest BCUT2D eigenvalue weighted by molar-refractivity contribution is 14.0. The summed E-state index contributed by atoms with van der Waals surface area (Å²) >= 11 is 0. The molecule has 1 atom stereocenters. The third-order valence-corrected chi connectivity index (χ3v) is 4.81. The summed E-state index contributed by atoms with van der Waals surface area (Å²) in [6.45, 7) is 5.00. The van der Waals surface area contributed by atoms with Crippen molar-refractivity contribution in [3.8, 4) is 0 Å². The molecule has 1 amide bonds. The smallest absolute Gasteiger partial charge is 0.243 e. The molecule has 154 valence electrons. The van der Waals surface area contributed by atoms with Gasteiger partial charge in [0.15, 0.2) is 5.96 Å². The van der Waals surface area contributed by atoms with E-state index in [-0.39, 0.29) is 36.4 Å². The van der Waals surface area contributed by atoms with E-state index in [1.54, 1.807) is 14.1 Å². The van der Waals surface area contributed by atoms with Gasteiger partial charge >= 0.3 is 0 Å². The number of carbonyl (C=O) groups excluding carboxylic acids is 1. The van der Waals surface area contributed by atoms with Gasteiger partial charge in [-0.3, -0.25) is 4.79 Å². The van der Waals surface area contributed by atoms with Crippen molar-refractivity contribution in [2.45, 2.75) is 19.9 Å². The van der Waals surface area contributed by atoms with E-state index >= 15 is 0 Å². The van der Waals surface area contributed by atoms with Crippen molar-refractivity contribution in [2.75, 3.05) is 40.4 Å². The van der Waals surface area contributed by atoms with E-state index in [0.29, 0.717) is 18.4 Å². The highest BCUT2D eigenvalue weighted by Gasteiger charge is 2.16. The lowest BCUT2D eigenvalue weighted by Crippen LogP contribution is -2.40. The highest BCUT2D eigenvalue weighted by atomic mass is 127. The van der Waals surface area contributed by atoms with Crippen LogP contribution in [0, 0.1) is 12.8 Å². The third kappa shape index (κ3) is 5.84. The van der Waals surface area contributed by atoms with Crippen LogP contribution in [0.4, 0.5) is 0 Å². The standard InChI is InChI=1S/C20H28N4O3.HI/c1-14-16-6-4-5-7-17(16)27-18(14)11-22-20(23-12-19(25)24(2)3)21-10-15-8-9-26-13-15;/h4-7,15H,8-13H2,1-3H3,(H2,21,22,23);1H. The Morgan fingerprint density at radius 2 is 2.07 bits per heavy atom. The first-order valence-corrected chi connectivity index (χ1v) is 9.31. The second kappa shape index (κ2) is 10.7. The first-order valence-electron chi connectivity index (χ1n) is 9.31. The minimum Gasteiger partial charge on any atom is -0.459 e. The molecular weight excluding hydrogens is 471 g/mol. The average Bonchev–Trinajstić information content (AvgIpc) is 3.29. The monoisotopic (exact) mass is 500 g/mol. The molecule has 1 aliphatic heterocycles. The number of carbonyl (C=O) groups is 1. The Morgan fingerprint density at radius 1 is 1.29 bits per heavy atom. The van der Waals surface area contributed by atoms with Crippen LogP contribution in [0.25, 0.3) is 11.0 Å². The molecule has 0 radical (unpaired) electrons. The van der Waals surface area contributed by atoms with Crippen LogP contribution in [0.1, 0.15) is 17.7 Å². The zero-order chi connectivity index (χ0) is 19.2. The lowest BCUT2D eigenvalue weighted by Gasteiger charge is -2.15. The molecular formula is C20H29IN4O3. The number of guanidine groups is 1. The topological polar surface area (TPSA) is 79.1 Å². The Balaban J connectivity index is 0.00000280. The number of aliphatic imine (C=N–C) groups is 1. The maximum atomic E-state index is 11.9. The molecule has 2 heterocycles. The molecule has 1 unspecified atom stereocenters. The van der Waals surface area contributed by atoms with Gasteiger partial charge in [-0.25, -0.2) is 4.99 Å². The predicted molar refractivity (Wildman–Crippen MR) is 121 cm³/mol. The van der Waals surface area contributed by atoms with E-state index in [1.807, 2.05) is 18.2 Å². The summed E-state index contributed by atoms with van der Waals surface area (Å²) < 4.78 is 11.4. The molecule has 0 saturated carbocycles. The summed E-state index contributed by atoms with van der Waals surface area (Å²) in [4.78, 5) is 17.8. The number of fused-ring (bicyclic) bond motifs is 1. The van der Waals surface area contributed by atoms with E-state index in [0.717, 1.165) is 48.5 Å². The quantitative estimate of drug-likeness (QED) is 0.362. The zero-order valence-electron chi connectivity index (χ0n) is 16.7. The molecule has 1 aliphatic rings. The number of nitrogens with one attached hydrogen (secondary N) is 2. The summed E-state index contributed by atoms with van der Waals surface area (Å²) in [5.74, 6) is 1.90. The van der Waals surface area contributed by atoms with Crippen LogP contribution in [0.5, 0.6) is 0 Å². The number of furan rings is 1. The molecule has 0 aliphatic carbocycles. The lowest BCUT2D eigenvalue weighted by molar-refractivity contribution is -0.127. The van der Waals surface area contributed by atoms with E-state index in [4.69, 9.17) is 9.15 Å². The Bertz CT molecular complexity index is 813. The molecule has 0 bridgehead atoms. The van der Waals surface area contributed by atoms with Crippen molar-refractivity contribution in [1.29, 1.82) is 0 Å². The van der Waals surface area contributed by atoms with Crippen molar-refractivity contribution in [2.24, 2.45) is 10.9 Å². The number of aryl methyl sites for hydroxylation is 1. The minimum absolute atomic E-state index is 0. The second-order valence-corrected chi connectivity index (χ2v) is 7.06. The number of benzene rings is 1. The maximum Gasteiger partial charge on any atom is 0.243 e. The lowest BCUT2D eigenvalue weighted by atomic mass is 10.1. The first kappa shape index (κ1) is 22.5. The number of ether oxygens (including phenoxy) is 1. The van der Waals surface area contributed by atoms with Crippen LogP contribution in [-0.2, 0) is 16.1 Å². The number of amides is 1. The van der Waals surface area contributed by atoms with Gasteiger partial charge in [-0.05, 0) is 19.4 Å². The van der Waals surface area contributed by atoms with E-state index in [2.05, 4.69) is 28.6 Å². The van der Waals surface area contributed by atoms with Gasteiger partial charge in [-0.2, -0.15) is 0 Å². The fourth-order valence-corrected chi connectivity index (χ4v) is 3.01. The number of halogens is 1. The van der Waals surface area contributed by atoms with Crippen molar-refractivity contribution in [3.05, 3.63) is 35.6 Å². The Kier molecular flexibility index (Phi) is 8.56. The molecule has 7 nitrogen and oxygen atoms in total. The second-order valence-electron chi connectivity index (χ2n) is 7.06. The van der Waals surface area contributed by atoms with Gasteiger partial charge < -0.3 is 24.7 Å². The molecule has 1 saturated heterocycles. The zero-order valence-corrected chi connectivity index (χ0v) is 19.0. The minimum atomic E-state index is -0.0415. The number of para-hydroxylation sites is 1. The molecule has 8 heteroatoms. The number of nitrogens with zero attached hydrogens (tertiary/aromatic N) is 2. The van der Waals surface area contributed by atoms with Crippen LogP contribution in [0.3, 0.4) is 0 Å². The van der Waals surface area contributed by atoms with Crippen molar-refractivity contribution < 1.29 is 13.9 Å². The van der Waals surface area contributed by atoms with E-state index < -0.39 is 0 Å². The number of hydrogen-bond donors (Lipinski definition) is 2.